The summed E-state index contributed by atoms with van der Waals surface area (Å²) < 4.78 is 30.8. The number of sulfone groups is 1. The molecule has 0 spiro atoms. The Morgan fingerprint density at radius 1 is 1.30 bits per heavy atom. The number of carboxylic acids is 1. The highest BCUT2D eigenvalue weighted by Gasteiger charge is 2.24. The lowest BCUT2D eigenvalue weighted by atomic mass is 10.2. The van der Waals surface area contributed by atoms with Crippen LogP contribution in [0.4, 0.5) is 4.79 Å². The van der Waals surface area contributed by atoms with Gasteiger partial charge in [-0.05, 0) is 51.5 Å². The van der Waals surface area contributed by atoms with Crippen LogP contribution in [-0.4, -0.2) is 31.2 Å². The van der Waals surface area contributed by atoms with Crippen LogP contribution in [0, 0.1) is 0 Å². The molecule has 0 saturated carbocycles. The fourth-order valence-corrected chi connectivity index (χ4v) is 4.90. The van der Waals surface area contributed by atoms with E-state index >= 15 is 0 Å². The highest BCUT2D eigenvalue weighted by atomic mass is 32.2. The summed E-state index contributed by atoms with van der Waals surface area (Å²) in [5.74, 6) is -1.16. The second-order valence-electron chi connectivity index (χ2n) is 6.76. The van der Waals surface area contributed by atoms with E-state index in [1.54, 1.807) is 32.9 Å². The first-order chi connectivity index (χ1) is 12.5. The lowest BCUT2D eigenvalue weighted by molar-refractivity contribution is -0.132. The quantitative estimate of drug-likeness (QED) is 0.768. The molecule has 2 N–H and O–H groups in total. The summed E-state index contributed by atoms with van der Waals surface area (Å²) in [4.78, 5) is 23.4. The van der Waals surface area contributed by atoms with Crippen molar-refractivity contribution in [2.75, 3.05) is 0 Å². The number of hydrogen-bond acceptors (Lipinski definition) is 6. The van der Waals surface area contributed by atoms with Crippen molar-refractivity contribution in [3.05, 3.63) is 51.8 Å². The number of amides is 1. The zero-order valence-corrected chi connectivity index (χ0v) is 16.8. The maximum Gasteiger partial charge on any atom is 0.407 e. The number of ether oxygens (including phenoxy) is 1. The lowest BCUT2D eigenvalue weighted by Crippen LogP contribution is -2.31. The summed E-state index contributed by atoms with van der Waals surface area (Å²) in [6, 6.07) is 3.04. The van der Waals surface area contributed by atoms with Crippen LogP contribution < -0.4 is 5.32 Å². The number of alkyl carbamates (subject to hydrolysis) is 1. The predicted octanol–water partition coefficient (Wildman–Crippen LogP) is 3.40. The summed E-state index contributed by atoms with van der Waals surface area (Å²) in [6.45, 7) is 5.37. The van der Waals surface area contributed by atoms with E-state index in [9.17, 15) is 18.0 Å². The average molecular weight is 412 g/mol. The van der Waals surface area contributed by atoms with E-state index in [1.165, 1.54) is 24.3 Å². The topological polar surface area (TPSA) is 110 Å². The zero-order valence-electron chi connectivity index (χ0n) is 15.2. The van der Waals surface area contributed by atoms with E-state index in [0.717, 1.165) is 11.3 Å². The maximum absolute atomic E-state index is 12.8. The van der Waals surface area contributed by atoms with Gasteiger partial charge in [0.2, 0.25) is 9.84 Å². The minimum absolute atomic E-state index is 0.00180. The molecule has 2 rings (SSSR count). The summed E-state index contributed by atoms with van der Waals surface area (Å²) >= 11 is 1.01. The maximum atomic E-state index is 12.8. The van der Waals surface area contributed by atoms with Crippen molar-refractivity contribution in [1.82, 2.24) is 5.32 Å². The standard InChI is InChI=1S/C18H21NO6S2/c1-18(2,3)25-17(22)19-11-13-8-9-15(26-13)27(23,24)14-7-5-4-6-12(10-14)16(20)21/h4-5,7-10H,6,11H2,1-3H3,(H,19,22)(H,20,21). The Morgan fingerprint density at radius 2 is 2.00 bits per heavy atom. The number of rotatable bonds is 5. The fourth-order valence-electron chi connectivity index (χ4n) is 2.14. The highest BCUT2D eigenvalue weighted by molar-refractivity contribution is 7.97. The Kier molecular flexibility index (Phi) is 6.27. The Morgan fingerprint density at radius 3 is 2.63 bits per heavy atom. The van der Waals surface area contributed by atoms with Crippen molar-refractivity contribution >= 4 is 33.2 Å². The molecule has 27 heavy (non-hydrogen) atoms. The minimum atomic E-state index is -3.85. The van der Waals surface area contributed by atoms with Gasteiger partial charge in [-0.2, -0.15) is 0 Å². The molecule has 146 valence electrons. The first-order valence-corrected chi connectivity index (χ1v) is 10.4. The third-order valence-electron chi connectivity index (χ3n) is 3.34. The van der Waals surface area contributed by atoms with Gasteiger partial charge in [0.15, 0.2) is 0 Å². The molecular weight excluding hydrogens is 390 g/mol. The van der Waals surface area contributed by atoms with E-state index in [2.05, 4.69) is 5.32 Å². The van der Waals surface area contributed by atoms with E-state index < -0.39 is 27.5 Å². The highest BCUT2D eigenvalue weighted by Crippen LogP contribution is 2.29. The van der Waals surface area contributed by atoms with Gasteiger partial charge in [-0.1, -0.05) is 12.2 Å². The number of hydrogen-bond donors (Lipinski definition) is 2. The van der Waals surface area contributed by atoms with Gasteiger partial charge in [0.05, 0.1) is 11.4 Å². The van der Waals surface area contributed by atoms with Crippen LogP contribution in [0.3, 0.4) is 0 Å². The predicted molar refractivity (Wildman–Crippen MR) is 102 cm³/mol. The molecule has 7 nitrogen and oxygen atoms in total. The molecule has 0 bridgehead atoms. The molecule has 0 aliphatic heterocycles. The largest absolute Gasteiger partial charge is 0.478 e. The fraction of sp³-hybridized carbons (Fsp3) is 0.333. The summed E-state index contributed by atoms with van der Waals surface area (Å²) in [6.07, 6.45) is 5.23. The first-order valence-electron chi connectivity index (χ1n) is 8.10. The molecular formula is C18H21NO6S2. The van der Waals surface area contributed by atoms with Crippen LogP contribution in [0.15, 0.2) is 51.1 Å². The molecule has 1 aliphatic carbocycles. The van der Waals surface area contributed by atoms with E-state index in [4.69, 9.17) is 9.84 Å². The molecule has 9 heteroatoms. The second kappa shape index (κ2) is 8.10. The van der Waals surface area contributed by atoms with Crippen molar-refractivity contribution in [3.63, 3.8) is 0 Å². The summed E-state index contributed by atoms with van der Waals surface area (Å²) in [7, 11) is -3.85. The van der Waals surface area contributed by atoms with Crippen LogP contribution in [0.2, 0.25) is 0 Å². The molecule has 1 aromatic rings. The molecule has 1 amide bonds. The third kappa shape index (κ3) is 5.80. The molecule has 0 saturated heterocycles. The van der Waals surface area contributed by atoms with Crippen LogP contribution >= 0.6 is 11.3 Å². The number of allylic oxidation sites excluding steroid dienone is 4. The minimum Gasteiger partial charge on any atom is -0.478 e. The van der Waals surface area contributed by atoms with E-state index in [1.807, 2.05) is 0 Å². The molecule has 1 heterocycles. The Balaban J connectivity index is 2.16. The van der Waals surface area contributed by atoms with Crippen molar-refractivity contribution in [2.24, 2.45) is 0 Å². The van der Waals surface area contributed by atoms with Gasteiger partial charge in [-0.25, -0.2) is 18.0 Å². The van der Waals surface area contributed by atoms with Crippen molar-refractivity contribution in [2.45, 2.75) is 43.5 Å². The SMILES string of the molecule is CC(C)(C)OC(=O)NCc1ccc(S(=O)(=O)C2=CC=CCC(C(=O)O)=C2)s1. The van der Waals surface area contributed by atoms with Gasteiger partial charge in [-0.3, -0.25) is 0 Å². The van der Waals surface area contributed by atoms with Crippen LogP contribution in [-0.2, 0) is 25.9 Å². The summed E-state index contributed by atoms with van der Waals surface area (Å²) in [5.41, 5.74) is -0.622. The van der Waals surface area contributed by atoms with Gasteiger partial charge in [0.25, 0.3) is 0 Å². The van der Waals surface area contributed by atoms with Gasteiger partial charge < -0.3 is 15.2 Å². The molecule has 0 atom stereocenters. The molecule has 0 radical (unpaired) electrons. The Hall–Kier alpha value is -2.39. The molecule has 0 aromatic carbocycles. The average Bonchev–Trinajstić information content (AvgIpc) is 2.87. The number of carbonyl (C=O) groups excluding carboxylic acids is 1. The number of thiophene rings is 1. The smallest absolute Gasteiger partial charge is 0.407 e. The molecule has 0 fully saturated rings. The van der Waals surface area contributed by atoms with Gasteiger partial charge >= 0.3 is 12.1 Å². The monoisotopic (exact) mass is 411 g/mol. The number of carbonyl (C=O) groups is 2. The molecule has 0 unspecified atom stereocenters. The third-order valence-corrected chi connectivity index (χ3v) is 6.67. The number of aliphatic carboxylic acids is 1. The van der Waals surface area contributed by atoms with Gasteiger partial charge in [-0.15, -0.1) is 11.3 Å². The number of carboxylic acid groups (broad SMARTS) is 1. The van der Waals surface area contributed by atoms with Crippen LogP contribution in [0.25, 0.3) is 0 Å². The van der Waals surface area contributed by atoms with E-state index in [0.29, 0.717) is 4.88 Å². The lowest BCUT2D eigenvalue weighted by Gasteiger charge is -2.19. The van der Waals surface area contributed by atoms with Crippen molar-refractivity contribution < 1.29 is 27.9 Å². The number of nitrogens with one attached hydrogen (secondary N) is 1. The van der Waals surface area contributed by atoms with Crippen LogP contribution in [0.1, 0.15) is 32.1 Å². The van der Waals surface area contributed by atoms with E-state index in [-0.39, 0.29) is 27.7 Å². The molecule has 1 aliphatic rings. The zero-order chi connectivity index (χ0) is 20.2. The Labute approximate surface area is 162 Å². The van der Waals surface area contributed by atoms with Crippen molar-refractivity contribution in [1.29, 1.82) is 0 Å². The Bertz CT molecular complexity index is 929. The molecule has 1 aromatic heterocycles. The van der Waals surface area contributed by atoms with Gasteiger partial charge in [0.1, 0.15) is 9.81 Å². The summed E-state index contributed by atoms with van der Waals surface area (Å²) in [5, 5.41) is 11.7. The van der Waals surface area contributed by atoms with Gasteiger partial charge in [0, 0.05) is 10.5 Å². The normalized spacial score (nSPS) is 14.8. The second-order valence-corrected chi connectivity index (χ2v) is 10.1. The van der Waals surface area contributed by atoms with Crippen LogP contribution in [0.5, 0.6) is 0 Å². The van der Waals surface area contributed by atoms with Crippen molar-refractivity contribution in [3.8, 4) is 0 Å². The first kappa shape index (κ1) is 20.9.